The van der Waals surface area contributed by atoms with E-state index in [9.17, 15) is 73.2 Å². The lowest BCUT2D eigenvalue weighted by atomic mass is 9.90. The number of phenolic OH excluding ortho intramolecular Hbond substituents is 1. The number of benzene rings is 3. The summed E-state index contributed by atoms with van der Waals surface area (Å²) in [7, 11) is 3.80. The number of H-pyrrole nitrogens is 2. The number of ketones is 1. The molecule has 0 spiro atoms. The Morgan fingerprint density at radius 1 is 0.569 bits per heavy atom. The third-order valence-electron chi connectivity index (χ3n) is 23.5. The highest BCUT2D eigenvalue weighted by Crippen LogP contribution is 2.30. The molecule has 0 saturated carbocycles. The van der Waals surface area contributed by atoms with E-state index in [1.807, 2.05) is 6.92 Å². The predicted octanol–water partition coefficient (Wildman–Crippen LogP) is -2.24. The van der Waals surface area contributed by atoms with Crippen molar-refractivity contribution in [1.29, 1.82) is 0 Å². The summed E-state index contributed by atoms with van der Waals surface area (Å²) in [5, 5.41) is 67.0. The Morgan fingerprint density at radius 3 is 1.72 bits per heavy atom. The number of hydrogen-bond acceptors (Lipinski definition) is 23. The molecule has 15 atom stereocenters. The number of unbranched alkanes of at least 4 members (excludes halogenated alkanes) is 2. The molecule has 16 amide bonds. The SMILES string of the molecule is CCCC[C@H]1C(=O)N(C)[C@@H](CCCC)C(=O)N[C@@H](CCC(=O)O)C(=O)N[C@H](C(=O)NCC(N)=O)CSCC(=O)N[C@@H](Cc2ccc(O)cc2)C(=O)N(C)[C@@H](C)C(=O)N[C@@H](CC(N)=O)C(=O)N2CCC[C@H]2C(=O)N[C@@H](CN)C(=O)N[C@@H](CC(C)C)C(=O)N2C[C@H](O)C[C@H]2C(=O)C[C@@H](Cc2c[nH]c3ccccc23)C(=O)N[C@@H](CO)C(=O)N[C@@H](Cc2c[nH]c3ccccc23)C(=O)N1C. The smallest absolute Gasteiger partial charge is 0.303 e. The third kappa shape index (κ3) is 28.2. The number of nitrogens with two attached hydrogens (primary N) is 3. The fourth-order valence-electron chi connectivity index (χ4n) is 16.2. The Kier molecular flexibility index (Phi) is 38.5. The molecule has 8 rings (SSSR count). The number of aromatic nitrogens is 2. The van der Waals surface area contributed by atoms with Gasteiger partial charge in [0.1, 0.15) is 78.3 Å². The van der Waals surface area contributed by atoms with Crippen LogP contribution in [0, 0.1) is 11.8 Å². The molecule has 3 aliphatic heterocycles. The van der Waals surface area contributed by atoms with E-state index in [0.717, 1.165) is 24.5 Å². The van der Waals surface area contributed by atoms with Gasteiger partial charge >= 0.3 is 5.97 Å². The maximum atomic E-state index is 15.7. The van der Waals surface area contributed by atoms with Gasteiger partial charge in [-0.2, -0.15) is 0 Å². The number of carbonyl (C=O) groups is 18. The van der Waals surface area contributed by atoms with Crippen LogP contribution in [0.25, 0.3) is 21.8 Å². The number of nitrogens with zero attached hydrogens (tertiary/aromatic N) is 5. The molecule has 3 aromatic carbocycles. The molecule has 21 N–H and O–H groups in total. The lowest BCUT2D eigenvalue weighted by molar-refractivity contribution is -0.149. The number of likely N-dealkylation sites (N-methyl/N-ethyl adjacent to an activating group) is 3. The van der Waals surface area contributed by atoms with Gasteiger partial charge in [0.2, 0.25) is 94.5 Å². The normalized spacial score (nSPS) is 25.4. The number of amides is 16. The zero-order valence-corrected chi connectivity index (χ0v) is 75.1. The van der Waals surface area contributed by atoms with Crippen LogP contribution in [0.1, 0.15) is 141 Å². The Morgan fingerprint density at radius 2 is 1.12 bits per heavy atom. The molecule has 708 valence electrons. The largest absolute Gasteiger partial charge is 0.508 e. The lowest BCUT2D eigenvalue weighted by Crippen LogP contribution is -2.61. The molecule has 0 radical (unpaired) electrons. The summed E-state index contributed by atoms with van der Waals surface area (Å²) in [5.41, 5.74) is 19.9. The van der Waals surface area contributed by atoms with Crippen LogP contribution >= 0.6 is 11.8 Å². The van der Waals surface area contributed by atoms with Crippen LogP contribution in [-0.4, -0.2) is 311 Å². The highest BCUT2D eigenvalue weighted by molar-refractivity contribution is 8.00. The Balaban J connectivity index is 1.18. The van der Waals surface area contributed by atoms with Crippen molar-refractivity contribution < 1.29 is 107 Å². The first-order valence-electron chi connectivity index (χ1n) is 43.6. The molecule has 0 unspecified atom stereocenters. The molecule has 0 bridgehead atoms. The van der Waals surface area contributed by atoms with Crippen LogP contribution in [0.15, 0.2) is 85.2 Å². The van der Waals surface area contributed by atoms with Crippen LogP contribution in [-0.2, 0) is 106 Å². The quantitative estimate of drug-likeness (QED) is 0.0310. The second-order valence-electron chi connectivity index (χ2n) is 33.7. The minimum Gasteiger partial charge on any atom is -0.508 e. The summed E-state index contributed by atoms with van der Waals surface area (Å²) >= 11 is 0.708. The van der Waals surface area contributed by atoms with Crippen molar-refractivity contribution in [2.24, 2.45) is 29.0 Å². The van der Waals surface area contributed by atoms with Crippen molar-refractivity contribution in [2.75, 3.05) is 65.4 Å². The van der Waals surface area contributed by atoms with Gasteiger partial charge in [-0.1, -0.05) is 102 Å². The second kappa shape index (κ2) is 48.7. The number of carboxylic acid groups (broad SMARTS) is 1. The molecule has 0 aliphatic carbocycles. The minimum absolute atomic E-state index is 0.0200. The number of aliphatic hydroxyl groups is 2. The third-order valence-corrected chi connectivity index (χ3v) is 24.6. The first-order chi connectivity index (χ1) is 61.8. The molecule has 3 fully saturated rings. The molecule has 3 saturated heterocycles. The number of Topliss-reactive ketones (excluding diaryl/α,β-unsaturated/α-hetero) is 1. The molecule has 2 aromatic heterocycles. The number of aliphatic carboxylic acids is 1. The highest BCUT2D eigenvalue weighted by Gasteiger charge is 2.47. The van der Waals surface area contributed by atoms with E-state index < -0.39 is 260 Å². The monoisotopic (exact) mass is 1830 g/mol. The summed E-state index contributed by atoms with van der Waals surface area (Å²) in [5.74, 6) is -20.8. The zero-order chi connectivity index (χ0) is 95.5. The number of carboxylic acids is 1. The van der Waals surface area contributed by atoms with Crippen molar-refractivity contribution in [3.63, 3.8) is 0 Å². The number of hydrogen-bond donors (Lipinski definition) is 18. The fraction of sp³-hybridized carbons (Fsp3) is 0.545. The average Bonchev–Trinajstić information content (AvgIpc) is 1.59. The molecule has 5 heterocycles. The van der Waals surface area contributed by atoms with E-state index in [-0.39, 0.29) is 82.4 Å². The number of para-hydroxylation sites is 2. The summed E-state index contributed by atoms with van der Waals surface area (Å²) in [6.45, 7) is 5.36. The number of nitrogens with one attached hydrogen (secondary N) is 11. The maximum absolute atomic E-state index is 15.7. The average molecular weight is 1830 g/mol. The van der Waals surface area contributed by atoms with E-state index in [4.69, 9.17) is 17.2 Å². The molecule has 41 nitrogen and oxygen atoms in total. The first kappa shape index (κ1) is 103. The van der Waals surface area contributed by atoms with Crippen LogP contribution in [0.3, 0.4) is 0 Å². The van der Waals surface area contributed by atoms with E-state index in [1.54, 1.807) is 81.7 Å². The number of phenols is 1. The number of aromatic hydroxyl groups is 1. The van der Waals surface area contributed by atoms with E-state index in [1.165, 1.54) is 52.3 Å². The number of thioether (sulfide) groups is 1. The van der Waals surface area contributed by atoms with E-state index >= 15 is 33.6 Å². The van der Waals surface area contributed by atoms with Gasteiger partial charge in [-0.15, -0.1) is 11.8 Å². The van der Waals surface area contributed by atoms with Crippen molar-refractivity contribution >= 4 is 140 Å². The standard InChI is InChI=1S/C88H123N19O22S/c1-9-11-22-67-82(123)96-59(29-30-75(115)116)79(120)102-66(78(119)94-42-73(91)113)45-130-46-74(114)95-61(33-49-25-27-53(109)28-26-49)84(125)103(6)48(5)76(117)97-63(38-72(90)112)86(127)106-31-17-24-68(106)83(124)100-64(39-89)80(121)98-60(32-47(3)4)87(128)107-43-54(110)37-70(107)71(111)36-50(34-51-40-92-57-20-15-13-18-55(51)57)77(118)101-65(44-108)81(122)99-62(35-52-41-93-58-21-16-14-19-56(52)58)85(126)105(8)69(23-12-10-2)88(129)104(67)7/h13-16,18-21,25-28,40-41,47-48,50,54,59-70,92-93,108-110H,9-12,17,22-24,29-39,42-46,89H2,1-8H3,(H2,90,112)(H2,91,113)(H,94,119)(H,95,114)(H,96,123)(H,97,117)(H,98,121)(H,99,122)(H,100,124)(H,101,118)(H,102,120)(H,115,116)/t48-,50+,54+,59-,60-,61-,62-,63-,64-,65-,66-,67-,68-,69-,70-/m0/s1. The van der Waals surface area contributed by atoms with Gasteiger partial charge in [-0.25, -0.2) is 0 Å². The molecule has 130 heavy (non-hydrogen) atoms. The number of carbonyl (C=O) groups excluding carboxylic acids is 17. The zero-order valence-electron chi connectivity index (χ0n) is 74.3. The maximum Gasteiger partial charge on any atom is 0.303 e. The van der Waals surface area contributed by atoms with Gasteiger partial charge < -0.3 is 120 Å². The number of fused-ring (bicyclic) bond motifs is 4. The van der Waals surface area contributed by atoms with Crippen LogP contribution in [0.4, 0.5) is 0 Å². The van der Waals surface area contributed by atoms with Crippen LogP contribution in [0.5, 0.6) is 5.75 Å². The molecular weight excluding hydrogens is 1710 g/mol. The molecular formula is C88H123N19O22S. The summed E-state index contributed by atoms with van der Waals surface area (Å²) < 4.78 is 0. The van der Waals surface area contributed by atoms with E-state index in [0.29, 0.717) is 69.5 Å². The van der Waals surface area contributed by atoms with Gasteiger partial charge in [0, 0.05) is 119 Å². The summed E-state index contributed by atoms with van der Waals surface area (Å²) in [6, 6.07) is -0.982. The van der Waals surface area contributed by atoms with Crippen molar-refractivity contribution in [3.05, 3.63) is 102 Å². The number of aromatic amines is 2. The number of primary amides is 2. The van der Waals surface area contributed by atoms with Gasteiger partial charge in [-0.05, 0) is 98.7 Å². The van der Waals surface area contributed by atoms with Gasteiger partial charge in [0.15, 0.2) is 5.78 Å². The fourth-order valence-corrected chi connectivity index (χ4v) is 17.1. The molecule has 42 heteroatoms. The van der Waals surface area contributed by atoms with Gasteiger partial charge in [0.05, 0.1) is 37.5 Å². The Labute approximate surface area is 755 Å². The number of rotatable bonds is 24. The first-order valence-corrected chi connectivity index (χ1v) is 44.8. The Hall–Kier alpha value is -12.6. The van der Waals surface area contributed by atoms with Crippen molar-refractivity contribution in [2.45, 2.75) is 228 Å². The van der Waals surface area contributed by atoms with E-state index in [2.05, 4.69) is 57.8 Å². The lowest BCUT2D eigenvalue weighted by Gasteiger charge is -2.36. The number of aliphatic hydroxyl groups excluding tert-OH is 2. The van der Waals surface area contributed by atoms with Gasteiger partial charge in [-0.3, -0.25) is 86.3 Å². The summed E-state index contributed by atoms with van der Waals surface area (Å²) in [6.07, 6.45) is -0.593. The molecule has 3 aliphatic rings. The van der Waals surface area contributed by atoms with Crippen LogP contribution < -0.4 is 65.1 Å². The second-order valence-corrected chi connectivity index (χ2v) is 34.7. The van der Waals surface area contributed by atoms with Crippen molar-refractivity contribution in [3.8, 4) is 5.75 Å². The molecule has 5 aromatic rings. The van der Waals surface area contributed by atoms with Crippen molar-refractivity contribution in [1.82, 2.24) is 82.3 Å². The van der Waals surface area contributed by atoms with Gasteiger partial charge in [0.25, 0.3) is 0 Å². The summed E-state index contributed by atoms with van der Waals surface area (Å²) in [4.78, 5) is 272. The predicted molar refractivity (Wildman–Crippen MR) is 475 cm³/mol. The topological polar surface area (TPSA) is 622 Å². The minimum atomic E-state index is -1.86. The highest BCUT2D eigenvalue weighted by atomic mass is 32.2. The van der Waals surface area contributed by atoms with Crippen LogP contribution in [0.2, 0.25) is 0 Å². The Bertz CT molecular complexity index is 4910.